The van der Waals surface area contributed by atoms with Gasteiger partial charge < -0.3 is 15.8 Å². The molecule has 0 aliphatic heterocycles. The van der Waals surface area contributed by atoms with Crippen molar-refractivity contribution in [2.45, 2.75) is 0 Å². The number of nitrogens with two attached hydrogens (primary N) is 1. The quantitative estimate of drug-likeness (QED) is 0.644. The third kappa shape index (κ3) is 3.54. The highest BCUT2D eigenvalue weighted by atomic mass is 19.1. The highest BCUT2D eigenvalue weighted by Crippen LogP contribution is 2.19. The van der Waals surface area contributed by atoms with Crippen LogP contribution in [0.3, 0.4) is 0 Å². The van der Waals surface area contributed by atoms with Crippen molar-refractivity contribution in [1.82, 2.24) is 4.98 Å². The van der Waals surface area contributed by atoms with Crippen LogP contribution in [0.25, 0.3) is 0 Å². The maximum absolute atomic E-state index is 13.2. The molecule has 1 aromatic heterocycles. The van der Waals surface area contributed by atoms with E-state index in [-0.39, 0.29) is 12.4 Å². The summed E-state index contributed by atoms with van der Waals surface area (Å²) in [6.07, 6.45) is 0.946. The van der Waals surface area contributed by atoms with Gasteiger partial charge in [-0.3, -0.25) is 0 Å². The minimum absolute atomic E-state index is 0.00830. The number of nitrogen functional groups attached to an aromatic ring is 1. The first-order valence-corrected chi connectivity index (χ1v) is 5.69. The van der Waals surface area contributed by atoms with Crippen LogP contribution in [-0.2, 0) is 0 Å². The fourth-order valence-corrected chi connectivity index (χ4v) is 1.49. The van der Waals surface area contributed by atoms with Gasteiger partial charge in [-0.25, -0.2) is 13.8 Å². The second kappa shape index (κ2) is 5.99. The number of nitrogens with one attached hydrogen (secondary N) is 1. The van der Waals surface area contributed by atoms with Crippen LogP contribution in [0.1, 0.15) is 0 Å². The molecule has 0 aliphatic carbocycles. The Kier molecular flexibility index (Phi) is 4.12. The Hall–Kier alpha value is -2.37. The van der Waals surface area contributed by atoms with E-state index in [0.717, 1.165) is 12.3 Å². The molecule has 0 aliphatic rings. The van der Waals surface area contributed by atoms with Crippen LogP contribution < -0.4 is 15.8 Å². The van der Waals surface area contributed by atoms with E-state index in [1.54, 1.807) is 24.3 Å². The Morgan fingerprint density at radius 2 is 2.05 bits per heavy atom. The van der Waals surface area contributed by atoms with Gasteiger partial charge in [-0.1, -0.05) is 12.1 Å². The molecule has 0 spiro atoms. The average molecular weight is 265 g/mol. The molecule has 100 valence electrons. The number of hydrogen-bond acceptors (Lipinski definition) is 4. The Labute approximate surface area is 109 Å². The first-order chi connectivity index (χ1) is 9.16. The van der Waals surface area contributed by atoms with Crippen LogP contribution in [0, 0.1) is 11.6 Å². The highest BCUT2D eigenvalue weighted by molar-refractivity contribution is 5.51. The minimum atomic E-state index is -0.737. The molecule has 0 radical (unpaired) electrons. The second-order valence-corrected chi connectivity index (χ2v) is 3.80. The summed E-state index contributed by atoms with van der Waals surface area (Å²) in [6.45, 7) is 0.608. The third-order valence-corrected chi connectivity index (χ3v) is 2.38. The fourth-order valence-electron chi connectivity index (χ4n) is 1.49. The summed E-state index contributed by atoms with van der Waals surface area (Å²) >= 11 is 0. The summed E-state index contributed by atoms with van der Waals surface area (Å²) < 4.78 is 31.3. The lowest BCUT2D eigenvalue weighted by molar-refractivity contribution is 0.334. The lowest BCUT2D eigenvalue weighted by atomic mass is 10.3. The summed E-state index contributed by atoms with van der Waals surface area (Å²) in [5.74, 6) is -0.890. The summed E-state index contributed by atoms with van der Waals surface area (Å²) in [5.41, 5.74) is 6.23. The minimum Gasteiger partial charge on any atom is -0.490 e. The topological polar surface area (TPSA) is 60.2 Å². The van der Waals surface area contributed by atoms with Gasteiger partial charge in [0.15, 0.2) is 11.6 Å². The predicted molar refractivity (Wildman–Crippen MR) is 69.0 cm³/mol. The third-order valence-electron chi connectivity index (χ3n) is 2.38. The number of hydrogen-bond donors (Lipinski definition) is 2. The van der Waals surface area contributed by atoms with Crippen LogP contribution in [0.5, 0.6) is 5.75 Å². The molecule has 2 aromatic rings. The number of benzene rings is 1. The van der Waals surface area contributed by atoms with Gasteiger partial charge in [0.1, 0.15) is 18.2 Å². The molecule has 3 N–H and O–H groups in total. The summed E-state index contributed by atoms with van der Waals surface area (Å²) in [4.78, 5) is 3.60. The van der Waals surface area contributed by atoms with Crippen molar-refractivity contribution in [1.29, 1.82) is 0 Å². The SMILES string of the molecule is Nc1ccccc1OCCNc1ncc(F)cc1F. The van der Waals surface area contributed by atoms with Crippen molar-refractivity contribution in [3.63, 3.8) is 0 Å². The van der Waals surface area contributed by atoms with Crippen LogP contribution in [0.15, 0.2) is 36.5 Å². The lowest BCUT2D eigenvalue weighted by Crippen LogP contribution is -2.14. The molecule has 0 bridgehead atoms. The Morgan fingerprint density at radius 3 is 2.79 bits per heavy atom. The molecule has 6 heteroatoms. The number of rotatable bonds is 5. The van der Waals surface area contributed by atoms with E-state index in [4.69, 9.17) is 10.5 Å². The number of para-hydroxylation sites is 2. The van der Waals surface area contributed by atoms with E-state index >= 15 is 0 Å². The standard InChI is InChI=1S/C13H13F2N3O/c14-9-7-10(15)13(18-8-9)17-5-6-19-12-4-2-1-3-11(12)16/h1-4,7-8H,5-6,16H2,(H,17,18). The predicted octanol–water partition coefficient (Wildman–Crippen LogP) is 2.43. The normalized spacial score (nSPS) is 10.2. The molecule has 4 nitrogen and oxygen atoms in total. The van der Waals surface area contributed by atoms with E-state index in [1.807, 2.05) is 0 Å². The zero-order valence-electron chi connectivity index (χ0n) is 10.1. The van der Waals surface area contributed by atoms with Crippen LogP contribution in [0.2, 0.25) is 0 Å². The number of anilines is 2. The summed E-state index contributed by atoms with van der Waals surface area (Å²) in [5, 5.41) is 2.71. The van der Waals surface area contributed by atoms with Crippen molar-refractivity contribution in [3.05, 3.63) is 48.2 Å². The summed E-state index contributed by atoms with van der Waals surface area (Å²) in [7, 11) is 0. The van der Waals surface area contributed by atoms with Crippen molar-refractivity contribution in [3.8, 4) is 5.75 Å². The highest BCUT2D eigenvalue weighted by Gasteiger charge is 2.04. The van der Waals surface area contributed by atoms with Crippen molar-refractivity contribution >= 4 is 11.5 Å². The molecule has 2 rings (SSSR count). The van der Waals surface area contributed by atoms with Gasteiger partial charge in [0.25, 0.3) is 0 Å². The maximum Gasteiger partial charge on any atom is 0.168 e. The van der Waals surface area contributed by atoms with E-state index < -0.39 is 11.6 Å². The smallest absolute Gasteiger partial charge is 0.168 e. The first kappa shape index (κ1) is 13.1. The van der Waals surface area contributed by atoms with E-state index in [0.29, 0.717) is 18.0 Å². The molecule has 19 heavy (non-hydrogen) atoms. The van der Waals surface area contributed by atoms with Crippen LogP contribution in [-0.4, -0.2) is 18.1 Å². The van der Waals surface area contributed by atoms with Gasteiger partial charge in [0.2, 0.25) is 0 Å². The fraction of sp³-hybridized carbons (Fsp3) is 0.154. The van der Waals surface area contributed by atoms with E-state index in [1.165, 1.54) is 0 Å². The molecule has 1 aromatic carbocycles. The van der Waals surface area contributed by atoms with Gasteiger partial charge in [-0.2, -0.15) is 0 Å². The molecule has 0 fully saturated rings. The number of nitrogens with zero attached hydrogens (tertiary/aromatic N) is 1. The number of halogens is 2. The van der Waals surface area contributed by atoms with Gasteiger partial charge in [0.05, 0.1) is 18.4 Å². The zero-order valence-corrected chi connectivity index (χ0v) is 10.1. The van der Waals surface area contributed by atoms with Crippen LogP contribution >= 0.6 is 0 Å². The van der Waals surface area contributed by atoms with E-state index in [2.05, 4.69) is 10.3 Å². The molecule has 1 heterocycles. The number of aromatic nitrogens is 1. The molecule has 0 amide bonds. The van der Waals surface area contributed by atoms with Gasteiger partial charge >= 0.3 is 0 Å². The molecular weight excluding hydrogens is 252 g/mol. The number of ether oxygens (including phenoxy) is 1. The zero-order chi connectivity index (χ0) is 13.7. The van der Waals surface area contributed by atoms with Crippen molar-refractivity contribution < 1.29 is 13.5 Å². The Bertz CT molecular complexity index is 563. The van der Waals surface area contributed by atoms with Crippen LogP contribution in [0.4, 0.5) is 20.3 Å². The van der Waals surface area contributed by atoms with Crippen molar-refractivity contribution in [2.24, 2.45) is 0 Å². The molecule has 0 saturated heterocycles. The number of pyridine rings is 1. The molecular formula is C13H13F2N3O. The van der Waals surface area contributed by atoms with Gasteiger partial charge in [-0.05, 0) is 12.1 Å². The maximum atomic E-state index is 13.2. The monoisotopic (exact) mass is 265 g/mol. The van der Waals surface area contributed by atoms with Gasteiger partial charge in [-0.15, -0.1) is 0 Å². The van der Waals surface area contributed by atoms with Gasteiger partial charge in [0, 0.05) is 6.07 Å². The lowest BCUT2D eigenvalue weighted by Gasteiger charge is -2.10. The first-order valence-electron chi connectivity index (χ1n) is 5.69. The van der Waals surface area contributed by atoms with E-state index in [9.17, 15) is 8.78 Å². The second-order valence-electron chi connectivity index (χ2n) is 3.80. The Balaban J connectivity index is 1.83. The average Bonchev–Trinajstić information content (AvgIpc) is 2.38. The molecule has 0 unspecified atom stereocenters. The van der Waals surface area contributed by atoms with Crippen molar-refractivity contribution in [2.75, 3.05) is 24.2 Å². The molecule has 0 atom stereocenters. The Morgan fingerprint density at radius 1 is 1.26 bits per heavy atom. The summed E-state index contributed by atoms with van der Waals surface area (Å²) in [6, 6.07) is 7.85. The largest absolute Gasteiger partial charge is 0.490 e. The molecule has 0 saturated carbocycles.